The average Bonchev–Trinajstić information content (AvgIpc) is 3.17. The lowest BCUT2D eigenvalue weighted by atomic mass is 10.1. The molecule has 5 nitrogen and oxygen atoms in total. The van der Waals surface area contributed by atoms with Gasteiger partial charge in [0.2, 0.25) is 11.8 Å². The van der Waals surface area contributed by atoms with Crippen molar-refractivity contribution in [2.75, 3.05) is 19.6 Å². The third kappa shape index (κ3) is 3.90. The Bertz CT molecular complexity index is 590. The summed E-state index contributed by atoms with van der Waals surface area (Å²) < 4.78 is 0. The Kier molecular flexibility index (Phi) is 6.24. The van der Waals surface area contributed by atoms with Crippen LogP contribution in [0.25, 0.3) is 0 Å². The fourth-order valence-corrected chi connectivity index (χ4v) is 3.51. The van der Waals surface area contributed by atoms with Crippen LogP contribution in [0, 0.1) is 12.8 Å². The van der Waals surface area contributed by atoms with Gasteiger partial charge in [-0.15, -0.1) is 12.4 Å². The molecule has 0 radical (unpaired) electrons. The van der Waals surface area contributed by atoms with E-state index in [1.165, 1.54) is 5.56 Å². The van der Waals surface area contributed by atoms with Crippen LogP contribution in [-0.4, -0.2) is 47.3 Å². The molecule has 2 atom stereocenters. The van der Waals surface area contributed by atoms with E-state index in [1.807, 2.05) is 36.1 Å². The number of carbonyl (C=O) groups excluding carboxylic acids is 2. The molecule has 2 N–H and O–H groups in total. The number of nitrogens with zero attached hydrogens (tertiary/aromatic N) is 2. The Morgan fingerprint density at radius 3 is 2.58 bits per heavy atom. The van der Waals surface area contributed by atoms with Gasteiger partial charge >= 0.3 is 0 Å². The van der Waals surface area contributed by atoms with Gasteiger partial charge in [-0.3, -0.25) is 9.59 Å². The molecule has 3 rings (SSSR count). The maximum absolute atomic E-state index is 12.8. The van der Waals surface area contributed by atoms with Gasteiger partial charge < -0.3 is 15.5 Å². The molecule has 0 spiro atoms. The van der Waals surface area contributed by atoms with Crippen LogP contribution in [-0.2, 0) is 16.1 Å². The molecule has 24 heavy (non-hydrogen) atoms. The first-order valence-corrected chi connectivity index (χ1v) is 8.42. The van der Waals surface area contributed by atoms with Gasteiger partial charge in [-0.2, -0.15) is 0 Å². The standard InChI is InChI=1S/C18H25N3O2.ClH/c1-13-2-4-14(5-3-13)12-21-16(6-7-17(21)22)18(23)20-9-8-15(10-19)11-20;/h2-5,15-16H,6-12,19H2,1H3;1H. The third-order valence-electron chi connectivity index (χ3n) is 5.02. The fraction of sp³-hybridized carbons (Fsp3) is 0.556. The lowest BCUT2D eigenvalue weighted by molar-refractivity contribution is -0.141. The highest BCUT2D eigenvalue weighted by Crippen LogP contribution is 2.25. The first-order chi connectivity index (χ1) is 11.1. The summed E-state index contributed by atoms with van der Waals surface area (Å²) in [6.07, 6.45) is 2.07. The van der Waals surface area contributed by atoms with E-state index in [4.69, 9.17) is 5.73 Å². The van der Waals surface area contributed by atoms with Gasteiger partial charge in [0, 0.05) is 26.1 Å². The Labute approximate surface area is 149 Å². The van der Waals surface area contributed by atoms with Crippen LogP contribution in [0.4, 0.5) is 0 Å². The highest BCUT2D eigenvalue weighted by Gasteiger charge is 2.39. The van der Waals surface area contributed by atoms with Crippen molar-refractivity contribution in [3.05, 3.63) is 35.4 Å². The molecule has 2 amide bonds. The molecule has 2 aliphatic heterocycles. The van der Waals surface area contributed by atoms with Crippen LogP contribution in [0.15, 0.2) is 24.3 Å². The predicted octanol–water partition coefficient (Wildman–Crippen LogP) is 1.72. The Balaban J connectivity index is 0.00000208. The van der Waals surface area contributed by atoms with E-state index < -0.39 is 0 Å². The van der Waals surface area contributed by atoms with E-state index in [0.717, 1.165) is 25.1 Å². The van der Waals surface area contributed by atoms with Crippen LogP contribution in [0.3, 0.4) is 0 Å². The molecule has 0 aromatic heterocycles. The lowest BCUT2D eigenvalue weighted by Gasteiger charge is -2.28. The number of hydrogen-bond acceptors (Lipinski definition) is 3. The van der Waals surface area contributed by atoms with Crippen molar-refractivity contribution in [1.82, 2.24) is 9.80 Å². The van der Waals surface area contributed by atoms with Gasteiger partial charge in [-0.05, 0) is 37.8 Å². The molecule has 1 aromatic carbocycles. The summed E-state index contributed by atoms with van der Waals surface area (Å²) in [4.78, 5) is 28.7. The van der Waals surface area contributed by atoms with E-state index in [9.17, 15) is 9.59 Å². The molecule has 0 bridgehead atoms. The molecule has 2 aliphatic rings. The van der Waals surface area contributed by atoms with Gasteiger partial charge in [0.1, 0.15) is 6.04 Å². The fourth-order valence-electron chi connectivity index (χ4n) is 3.51. The number of hydrogen-bond donors (Lipinski definition) is 1. The number of aryl methyl sites for hydroxylation is 1. The Morgan fingerprint density at radius 2 is 1.96 bits per heavy atom. The van der Waals surface area contributed by atoms with Gasteiger partial charge in [-0.25, -0.2) is 0 Å². The van der Waals surface area contributed by atoms with Crippen molar-refractivity contribution in [2.45, 2.75) is 38.8 Å². The van der Waals surface area contributed by atoms with Crippen molar-refractivity contribution in [3.63, 3.8) is 0 Å². The summed E-state index contributed by atoms with van der Waals surface area (Å²) in [5.41, 5.74) is 7.98. The summed E-state index contributed by atoms with van der Waals surface area (Å²) in [6, 6.07) is 7.84. The summed E-state index contributed by atoms with van der Waals surface area (Å²) >= 11 is 0. The molecule has 6 heteroatoms. The Morgan fingerprint density at radius 1 is 1.25 bits per heavy atom. The normalized spacial score (nSPS) is 23.5. The molecule has 2 fully saturated rings. The van der Waals surface area contributed by atoms with Gasteiger partial charge in [0.15, 0.2) is 0 Å². The van der Waals surface area contributed by atoms with E-state index >= 15 is 0 Å². The smallest absolute Gasteiger partial charge is 0.245 e. The first-order valence-electron chi connectivity index (χ1n) is 8.42. The summed E-state index contributed by atoms with van der Waals surface area (Å²) in [5, 5.41) is 0. The minimum absolute atomic E-state index is 0. The molecule has 1 aromatic rings. The second-order valence-electron chi connectivity index (χ2n) is 6.74. The quantitative estimate of drug-likeness (QED) is 0.898. The summed E-state index contributed by atoms with van der Waals surface area (Å²) in [6.45, 7) is 4.69. The number of carbonyl (C=O) groups is 2. The van der Waals surface area contributed by atoms with Crippen LogP contribution < -0.4 is 5.73 Å². The average molecular weight is 352 g/mol. The van der Waals surface area contributed by atoms with E-state index in [0.29, 0.717) is 31.8 Å². The number of amides is 2. The van der Waals surface area contributed by atoms with Crippen molar-refractivity contribution in [1.29, 1.82) is 0 Å². The SMILES string of the molecule is Cc1ccc(CN2C(=O)CCC2C(=O)N2CCC(CN)C2)cc1.Cl. The molecule has 2 unspecified atom stereocenters. The number of likely N-dealkylation sites (tertiary alicyclic amines) is 2. The monoisotopic (exact) mass is 351 g/mol. The summed E-state index contributed by atoms with van der Waals surface area (Å²) in [7, 11) is 0. The van der Waals surface area contributed by atoms with E-state index in [2.05, 4.69) is 0 Å². The minimum Gasteiger partial charge on any atom is -0.341 e. The largest absolute Gasteiger partial charge is 0.341 e. The third-order valence-corrected chi connectivity index (χ3v) is 5.02. The zero-order valence-corrected chi connectivity index (χ0v) is 14.9. The first kappa shape index (κ1) is 18.7. The van der Waals surface area contributed by atoms with Gasteiger partial charge in [-0.1, -0.05) is 29.8 Å². The minimum atomic E-state index is -0.305. The molecular weight excluding hydrogens is 326 g/mol. The second kappa shape index (κ2) is 7.99. The van der Waals surface area contributed by atoms with Gasteiger partial charge in [0.05, 0.1) is 0 Å². The highest BCUT2D eigenvalue weighted by molar-refractivity contribution is 5.91. The predicted molar refractivity (Wildman–Crippen MR) is 95.7 cm³/mol. The van der Waals surface area contributed by atoms with Crippen LogP contribution >= 0.6 is 12.4 Å². The van der Waals surface area contributed by atoms with E-state index in [-0.39, 0.29) is 30.3 Å². The van der Waals surface area contributed by atoms with Crippen LogP contribution in [0.1, 0.15) is 30.4 Å². The number of benzene rings is 1. The topological polar surface area (TPSA) is 66.6 Å². The van der Waals surface area contributed by atoms with Gasteiger partial charge in [0.25, 0.3) is 0 Å². The van der Waals surface area contributed by atoms with Crippen molar-refractivity contribution in [3.8, 4) is 0 Å². The van der Waals surface area contributed by atoms with Crippen molar-refractivity contribution in [2.24, 2.45) is 11.7 Å². The highest BCUT2D eigenvalue weighted by atomic mass is 35.5. The molecule has 0 saturated carbocycles. The molecular formula is C18H26ClN3O2. The molecule has 0 aliphatic carbocycles. The maximum atomic E-state index is 12.8. The zero-order valence-electron chi connectivity index (χ0n) is 14.1. The number of nitrogens with two attached hydrogens (primary N) is 1. The number of rotatable bonds is 4. The Hall–Kier alpha value is -1.59. The van der Waals surface area contributed by atoms with Crippen molar-refractivity contribution < 1.29 is 9.59 Å². The summed E-state index contributed by atoms with van der Waals surface area (Å²) in [5.74, 6) is 0.582. The molecule has 2 heterocycles. The number of halogens is 1. The second-order valence-corrected chi connectivity index (χ2v) is 6.74. The maximum Gasteiger partial charge on any atom is 0.245 e. The van der Waals surface area contributed by atoms with E-state index in [1.54, 1.807) is 4.90 Å². The van der Waals surface area contributed by atoms with Crippen LogP contribution in [0.5, 0.6) is 0 Å². The molecule has 2 saturated heterocycles. The van der Waals surface area contributed by atoms with Crippen molar-refractivity contribution >= 4 is 24.2 Å². The van der Waals surface area contributed by atoms with Crippen LogP contribution in [0.2, 0.25) is 0 Å². The zero-order chi connectivity index (χ0) is 16.4. The lowest BCUT2D eigenvalue weighted by Crippen LogP contribution is -2.45. The molecule has 132 valence electrons.